The highest BCUT2D eigenvalue weighted by atomic mass is 16.5. The Kier molecular flexibility index (Phi) is 6.01. The van der Waals surface area contributed by atoms with Crippen LogP contribution in [0.1, 0.15) is 52.5 Å². The van der Waals surface area contributed by atoms with Crippen molar-refractivity contribution in [2.45, 2.75) is 59.7 Å². The molecule has 1 N–H and O–H groups in total. The smallest absolute Gasteiger partial charge is 0.151 e. The number of nitrogens with one attached hydrogen (secondary N) is 1. The predicted octanol–water partition coefficient (Wildman–Crippen LogP) is 3.04. The van der Waals surface area contributed by atoms with E-state index in [1.54, 1.807) is 0 Å². The Morgan fingerprint density at radius 3 is 2.68 bits per heavy atom. The molecule has 4 heteroatoms. The van der Waals surface area contributed by atoms with Gasteiger partial charge in [-0.3, -0.25) is 4.90 Å². The molecular weight excluding hydrogens is 238 g/mol. The quantitative estimate of drug-likeness (QED) is 0.786. The Balaban J connectivity index is 2.46. The number of rotatable bonds is 8. The highest BCUT2D eigenvalue weighted by Gasteiger charge is 2.22. The van der Waals surface area contributed by atoms with Crippen LogP contribution in [0.5, 0.6) is 0 Å². The molecule has 110 valence electrons. The number of aromatic nitrogens is 1. The molecule has 1 heterocycles. The molecule has 1 rings (SSSR count). The average molecular weight is 267 g/mol. The van der Waals surface area contributed by atoms with E-state index in [-0.39, 0.29) is 5.54 Å². The van der Waals surface area contributed by atoms with E-state index in [1.807, 2.05) is 0 Å². The summed E-state index contributed by atoms with van der Waals surface area (Å²) in [5, 5.41) is 7.48. The molecule has 0 spiro atoms. The van der Waals surface area contributed by atoms with Gasteiger partial charge in [0, 0.05) is 18.2 Å². The second-order valence-electron chi connectivity index (χ2n) is 6.33. The van der Waals surface area contributed by atoms with E-state index >= 15 is 0 Å². The molecule has 0 saturated heterocycles. The van der Waals surface area contributed by atoms with Crippen LogP contribution in [-0.2, 0) is 13.1 Å². The summed E-state index contributed by atoms with van der Waals surface area (Å²) >= 11 is 0. The van der Waals surface area contributed by atoms with Crippen LogP contribution < -0.4 is 5.32 Å². The number of nitrogens with zero attached hydrogens (tertiary/aromatic N) is 2. The molecule has 0 bridgehead atoms. The van der Waals surface area contributed by atoms with Crippen LogP contribution in [0.15, 0.2) is 10.6 Å². The van der Waals surface area contributed by atoms with Crippen LogP contribution in [0.2, 0.25) is 0 Å². The third-order valence-electron chi connectivity index (χ3n) is 3.76. The highest BCUT2D eigenvalue weighted by Crippen LogP contribution is 2.19. The van der Waals surface area contributed by atoms with E-state index in [1.165, 1.54) is 0 Å². The van der Waals surface area contributed by atoms with Crippen LogP contribution in [0.25, 0.3) is 0 Å². The summed E-state index contributed by atoms with van der Waals surface area (Å²) in [5.74, 6) is 1.59. The van der Waals surface area contributed by atoms with E-state index in [9.17, 15) is 0 Å². The first-order valence-corrected chi connectivity index (χ1v) is 7.21. The Bertz CT molecular complexity index is 371. The van der Waals surface area contributed by atoms with Gasteiger partial charge >= 0.3 is 0 Å². The predicted molar refractivity (Wildman–Crippen MR) is 78.9 cm³/mol. The summed E-state index contributed by atoms with van der Waals surface area (Å²) in [4.78, 5) is 2.30. The van der Waals surface area contributed by atoms with Gasteiger partial charge in [0.15, 0.2) is 5.76 Å². The molecular formula is C15H29N3O. The maximum atomic E-state index is 5.40. The lowest BCUT2D eigenvalue weighted by Gasteiger charge is -2.33. The summed E-state index contributed by atoms with van der Waals surface area (Å²) in [6, 6.07) is 2.05. The van der Waals surface area contributed by atoms with E-state index in [2.05, 4.69) is 63.1 Å². The van der Waals surface area contributed by atoms with Crippen molar-refractivity contribution in [3.05, 3.63) is 17.5 Å². The van der Waals surface area contributed by atoms with Crippen LogP contribution in [0.3, 0.4) is 0 Å². The second-order valence-corrected chi connectivity index (χ2v) is 6.33. The third-order valence-corrected chi connectivity index (χ3v) is 3.76. The zero-order chi connectivity index (χ0) is 14.5. The molecule has 1 aromatic rings. The molecule has 0 aliphatic rings. The molecule has 0 aromatic carbocycles. The number of hydrogen-bond donors (Lipinski definition) is 1. The average Bonchev–Trinajstić information content (AvgIpc) is 2.76. The van der Waals surface area contributed by atoms with E-state index in [0.717, 1.165) is 37.5 Å². The van der Waals surface area contributed by atoms with Gasteiger partial charge in [-0.05, 0) is 39.8 Å². The third kappa shape index (κ3) is 5.33. The molecule has 0 aliphatic heterocycles. The van der Waals surface area contributed by atoms with Crippen molar-refractivity contribution in [3.8, 4) is 0 Å². The topological polar surface area (TPSA) is 41.3 Å². The monoisotopic (exact) mass is 267 g/mol. The van der Waals surface area contributed by atoms with Crippen molar-refractivity contribution >= 4 is 0 Å². The van der Waals surface area contributed by atoms with Crippen molar-refractivity contribution in [2.75, 3.05) is 13.6 Å². The zero-order valence-electron chi connectivity index (χ0n) is 13.3. The van der Waals surface area contributed by atoms with Crippen molar-refractivity contribution < 1.29 is 4.52 Å². The van der Waals surface area contributed by atoms with Gasteiger partial charge in [0.05, 0.1) is 12.2 Å². The minimum atomic E-state index is 0.183. The summed E-state index contributed by atoms with van der Waals surface area (Å²) in [6.07, 6.45) is 1.11. The minimum absolute atomic E-state index is 0.183. The molecule has 0 saturated carbocycles. The maximum absolute atomic E-state index is 5.40. The van der Waals surface area contributed by atoms with Gasteiger partial charge in [-0.2, -0.15) is 0 Å². The fourth-order valence-electron chi connectivity index (χ4n) is 1.72. The summed E-state index contributed by atoms with van der Waals surface area (Å²) in [6.45, 7) is 13.7. The van der Waals surface area contributed by atoms with Gasteiger partial charge < -0.3 is 9.84 Å². The normalized spacial score (nSPS) is 12.6. The Labute approximate surface area is 117 Å². The minimum Gasteiger partial charge on any atom is -0.360 e. The second kappa shape index (κ2) is 7.06. The molecule has 0 aliphatic carbocycles. The Morgan fingerprint density at radius 1 is 1.42 bits per heavy atom. The van der Waals surface area contributed by atoms with E-state index in [0.29, 0.717) is 5.92 Å². The van der Waals surface area contributed by atoms with Gasteiger partial charge in [-0.15, -0.1) is 0 Å². The molecule has 0 amide bonds. The van der Waals surface area contributed by atoms with Crippen LogP contribution >= 0.6 is 0 Å². The van der Waals surface area contributed by atoms with Gasteiger partial charge in [0.25, 0.3) is 0 Å². The zero-order valence-corrected chi connectivity index (χ0v) is 13.3. The number of hydrogen-bond acceptors (Lipinski definition) is 4. The Hall–Kier alpha value is -0.870. The van der Waals surface area contributed by atoms with Gasteiger partial charge in [-0.1, -0.05) is 25.9 Å². The van der Waals surface area contributed by atoms with Crippen LogP contribution in [-0.4, -0.2) is 29.2 Å². The van der Waals surface area contributed by atoms with E-state index in [4.69, 9.17) is 4.52 Å². The lowest BCUT2D eigenvalue weighted by molar-refractivity contribution is 0.129. The lowest BCUT2D eigenvalue weighted by Crippen LogP contribution is -2.39. The van der Waals surface area contributed by atoms with Crippen molar-refractivity contribution in [1.82, 2.24) is 15.4 Å². The molecule has 0 fully saturated rings. The maximum Gasteiger partial charge on any atom is 0.151 e. The highest BCUT2D eigenvalue weighted by molar-refractivity contribution is 5.05. The van der Waals surface area contributed by atoms with Crippen molar-refractivity contribution in [3.63, 3.8) is 0 Å². The van der Waals surface area contributed by atoms with Crippen LogP contribution in [0.4, 0.5) is 0 Å². The molecule has 4 nitrogen and oxygen atoms in total. The molecule has 1 aromatic heterocycles. The SMILES string of the molecule is CCC(C)(C)N(C)Cc1cc(CNCC(C)C)no1. The fraction of sp³-hybridized carbons (Fsp3) is 0.800. The summed E-state index contributed by atoms with van der Waals surface area (Å²) in [7, 11) is 2.13. The van der Waals surface area contributed by atoms with Gasteiger partial charge in [0.1, 0.15) is 0 Å². The standard InChI is InChI=1S/C15H29N3O/c1-7-15(4,5)18(6)11-14-8-13(17-19-14)10-16-9-12(2)3/h8,12,16H,7,9-11H2,1-6H3. The molecule has 19 heavy (non-hydrogen) atoms. The first kappa shape index (κ1) is 16.2. The fourth-order valence-corrected chi connectivity index (χ4v) is 1.72. The van der Waals surface area contributed by atoms with Crippen molar-refractivity contribution in [2.24, 2.45) is 5.92 Å². The van der Waals surface area contributed by atoms with Gasteiger partial charge in [-0.25, -0.2) is 0 Å². The van der Waals surface area contributed by atoms with Gasteiger partial charge in [0.2, 0.25) is 0 Å². The van der Waals surface area contributed by atoms with Crippen molar-refractivity contribution in [1.29, 1.82) is 0 Å². The summed E-state index contributed by atoms with van der Waals surface area (Å²) in [5.41, 5.74) is 1.17. The Morgan fingerprint density at radius 2 is 2.11 bits per heavy atom. The van der Waals surface area contributed by atoms with E-state index < -0.39 is 0 Å². The summed E-state index contributed by atoms with van der Waals surface area (Å²) < 4.78 is 5.40. The molecule has 0 atom stereocenters. The lowest BCUT2D eigenvalue weighted by atomic mass is 10.00. The van der Waals surface area contributed by atoms with Crippen LogP contribution in [0, 0.1) is 5.92 Å². The molecule has 0 radical (unpaired) electrons. The largest absolute Gasteiger partial charge is 0.360 e. The first-order valence-electron chi connectivity index (χ1n) is 7.21. The molecule has 0 unspecified atom stereocenters. The first-order chi connectivity index (χ1) is 8.85.